The van der Waals surface area contributed by atoms with Crippen molar-refractivity contribution in [1.29, 1.82) is 0 Å². The quantitative estimate of drug-likeness (QED) is 0.478. The second kappa shape index (κ2) is 11.1. The highest BCUT2D eigenvalue weighted by atomic mass is 16.2. The van der Waals surface area contributed by atoms with E-state index >= 15 is 0 Å². The van der Waals surface area contributed by atoms with Gasteiger partial charge in [-0.25, -0.2) is 9.79 Å². The van der Waals surface area contributed by atoms with Crippen LogP contribution in [0.4, 0.5) is 11.4 Å². The number of carbonyl (C=O) groups excluding carboxylic acids is 3. The lowest BCUT2D eigenvalue weighted by atomic mass is 9.90. The van der Waals surface area contributed by atoms with Gasteiger partial charge >= 0.3 is 0 Å². The number of fused-ring (bicyclic) bond motifs is 1. The molecule has 1 N–H and O–H groups in total. The predicted molar refractivity (Wildman–Crippen MR) is 148 cm³/mol. The van der Waals surface area contributed by atoms with Crippen LogP contribution in [0, 0.1) is 0 Å². The summed E-state index contributed by atoms with van der Waals surface area (Å²) in [5.41, 5.74) is 4.70. The van der Waals surface area contributed by atoms with Gasteiger partial charge < -0.3 is 15.1 Å². The Bertz CT molecular complexity index is 1360. The molecular formula is C30H31N5O3. The van der Waals surface area contributed by atoms with Gasteiger partial charge in [-0.2, -0.15) is 0 Å². The third kappa shape index (κ3) is 5.43. The van der Waals surface area contributed by atoms with Crippen molar-refractivity contribution in [2.24, 2.45) is 4.99 Å². The van der Waals surface area contributed by atoms with Gasteiger partial charge in [0.15, 0.2) is 0 Å². The fourth-order valence-electron chi connectivity index (χ4n) is 4.96. The monoisotopic (exact) mass is 509 g/mol. The number of carbonyl (C=O) groups is 2. The third-order valence-electron chi connectivity index (χ3n) is 7.31. The van der Waals surface area contributed by atoms with Gasteiger partial charge in [0.2, 0.25) is 5.91 Å². The molecule has 8 heteroatoms. The zero-order valence-corrected chi connectivity index (χ0v) is 21.7. The lowest BCUT2D eigenvalue weighted by Gasteiger charge is -2.32. The van der Waals surface area contributed by atoms with E-state index in [1.807, 2.05) is 66.6 Å². The molecule has 0 radical (unpaired) electrons. The van der Waals surface area contributed by atoms with E-state index in [9.17, 15) is 14.4 Å². The number of amides is 2. The third-order valence-corrected chi connectivity index (χ3v) is 7.31. The van der Waals surface area contributed by atoms with Crippen LogP contribution >= 0.6 is 0 Å². The molecule has 0 spiro atoms. The molecule has 3 aliphatic rings. The van der Waals surface area contributed by atoms with Gasteiger partial charge in [-0.15, -0.1) is 0 Å². The number of hydrogen-bond donors (Lipinski definition) is 1. The zero-order chi connectivity index (χ0) is 26.6. The summed E-state index contributed by atoms with van der Waals surface area (Å²) < 4.78 is 0. The van der Waals surface area contributed by atoms with Gasteiger partial charge in [-0.1, -0.05) is 36.4 Å². The number of hydrogen-bond acceptors (Lipinski definition) is 6. The van der Waals surface area contributed by atoms with Crippen LogP contribution in [-0.2, 0) is 14.4 Å². The van der Waals surface area contributed by atoms with Crippen molar-refractivity contribution in [1.82, 2.24) is 15.1 Å². The van der Waals surface area contributed by atoms with Crippen molar-refractivity contribution >= 4 is 34.8 Å². The summed E-state index contributed by atoms with van der Waals surface area (Å²) in [6.45, 7) is 4.11. The van der Waals surface area contributed by atoms with Crippen molar-refractivity contribution in [3.8, 4) is 0 Å². The zero-order valence-electron chi connectivity index (χ0n) is 21.7. The average molecular weight is 510 g/mol. The molecule has 5 rings (SSSR count). The number of likely N-dealkylation sites (N-methyl/N-ethyl adjacent to an activating group) is 2. The molecular weight excluding hydrogens is 478 g/mol. The highest BCUT2D eigenvalue weighted by Gasteiger charge is 2.35. The van der Waals surface area contributed by atoms with E-state index in [2.05, 4.69) is 22.2 Å². The molecule has 2 aromatic rings. The van der Waals surface area contributed by atoms with Crippen LogP contribution in [0.25, 0.3) is 0 Å². The molecule has 1 fully saturated rings. The molecule has 0 aromatic heterocycles. The molecule has 1 atom stereocenters. The van der Waals surface area contributed by atoms with Gasteiger partial charge in [0.25, 0.3) is 5.91 Å². The highest BCUT2D eigenvalue weighted by Crippen LogP contribution is 2.31. The minimum Gasteiger partial charge on any atom is -0.345 e. The minimum atomic E-state index is -0.268. The summed E-state index contributed by atoms with van der Waals surface area (Å²) in [7, 11) is 3.89. The van der Waals surface area contributed by atoms with Gasteiger partial charge in [-0.3, -0.25) is 14.5 Å². The fraction of sp³-hybridized carbons (Fsp3) is 0.300. The van der Waals surface area contributed by atoms with Crippen LogP contribution in [-0.4, -0.2) is 86.1 Å². The van der Waals surface area contributed by atoms with Crippen LogP contribution in [0.2, 0.25) is 0 Å². The maximum atomic E-state index is 13.1. The van der Waals surface area contributed by atoms with Crippen molar-refractivity contribution in [3.63, 3.8) is 0 Å². The first kappa shape index (κ1) is 25.5. The molecule has 2 aliphatic heterocycles. The Balaban J connectivity index is 1.41. The molecule has 8 nitrogen and oxygen atoms in total. The molecule has 38 heavy (non-hydrogen) atoms. The van der Waals surface area contributed by atoms with Crippen LogP contribution in [0.1, 0.15) is 12.0 Å². The van der Waals surface area contributed by atoms with Crippen molar-refractivity contribution in [3.05, 3.63) is 89.0 Å². The summed E-state index contributed by atoms with van der Waals surface area (Å²) in [6, 6.07) is 16.8. The Labute approximate surface area is 222 Å². The number of allylic oxidation sites excluding steroid dienone is 1. The molecule has 1 unspecified atom stereocenters. The SMILES string of the molecule is CN1CCN(CC(=O)N(C)c2ccc(N=C(C3=C4C=CC(=C=O)CC4NC3=O)c3ccccc3)cc2)CC1. The number of aliphatic imine (C=N–C) groups is 1. The van der Waals surface area contributed by atoms with Crippen LogP contribution < -0.4 is 10.2 Å². The van der Waals surface area contributed by atoms with Crippen LogP contribution in [0.3, 0.4) is 0 Å². The van der Waals surface area contributed by atoms with E-state index in [1.54, 1.807) is 18.0 Å². The Hall–Kier alpha value is -4.10. The summed E-state index contributed by atoms with van der Waals surface area (Å²) in [5.74, 6) is 1.77. The van der Waals surface area contributed by atoms with E-state index in [1.165, 1.54) is 0 Å². The Morgan fingerprint density at radius 3 is 2.45 bits per heavy atom. The first-order chi connectivity index (χ1) is 18.4. The van der Waals surface area contributed by atoms with Crippen molar-refractivity contribution in [2.75, 3.05) is 51.7 Å². The minimum absolute atomic E-state index is 0.0456. The topological polar surface area (TPSA) is 85.3 Å². The lowest BCUT2D eigenvalue weighted by molar-refractivity contribution is -0.120. The first-order valence-electron chi connectivity index (χ1n) is 12.8. The molecule has 1 aliphatic carbocycles. The summed E-state index contributed by atoms with van der Waals surface area (Å²) in [5, 5.41) is 2.98. The van der Waals surface area contributed by atoms with Gasteiger partial charge in [0.05, 0.1) is 29.6 Å². The van der Waals surface area contributed by atoms with E-state index < -0.39 is 0 Å². The average Bonchev–Trinajstić information content (AvgIpc) is 3.27. The second-order valence-electron chi connectivity index (χ2n) is 9.90. The maximum Gasteiger partial charge on any atom is 0.254 e. The van der Waals surface area contributed by atoms with E-state index in [0.29, 0.717) is 35.5 Å². The van der Waals surface area contributed by atoms with Crippen LogP contribution in [0.5, 0.6) is 0 Å². The summed E-state index contributed by atoms with van der Waals surface area (Å²) in [4.78, 5) is 48.2. The number of nitrogens with one attached hydrogen (secondary N) is 1. The van der Waals surface area contributed by atoms with Crippen molar-refractivity contribution < 1.29 is 14.4 Å². The highest BCUT2D eigenvalue weighted by molar-refractivity contribution is 6.30. The van der Waals surface area contributed by atoms with Gasteiger partial charge in [-0.05, 0) is 43.0 Å². The fourth-order valence-corrected chi connectivity index (χ4v) is 4.96. The molecule has 0 saturated carbocycles. The van der Waals surface area contributed by atoms with Gasteiger partial charge in [0.1, 0.15) is 5.94 Å². The number of benzene rings is 2. The molecule has 0 bridgehead atoms. The van der Waals surface area contributed by atoms with E-state index in [0.717, 1.165) is 43.0 Å². The molecule has 2 amide bonds. The lowest BCUT2D eigenvalue weighted by Crippen LogP contribution is -2.48. The summed E-state index contributed by atoms with van der Waals surface area (Å²) >= 11 is 0. The van der Waals surface area contributed by atoms with E-state index in [-0.39, 0.29) is 17.9 Å². The number of piperazine rings is 1. The Kier molecular flexibility index (Phi) is 7.47. The van der Waals surface area contributed by atoms with Crippen molar-refractivity contribution in [2.45, 2.75) is 12.5 Å². The molecule has 194 valence electrons. The predicted octanol–water partition coefficient (Wildman–Crippen LogP) is 2.53. The second-order valence-corrected chi connectivity index (χ2v) is 9.90. The standard InChI is InChI=1S/C30H31N5O3/c1-33-14-16-35(17-15-33)19-27(37)34(2)24-11-9-23(10-12-24)31-29(22-6-4-3-5-7-22)28-25-13-8-21(20-36)18-26(25)32-30(28)38/h3-13,26H,14-19H2,1-2H3,(H,32,38). The normalized spacial score (nSPS) is 20.3. The Morgan fingerprint density at radius 1 is 1.05 bits per heavy atom. The molecule has 1 saturated heterocycles. The number of rotatable bonds is 6. The summed E-state index contributed by atoms with van der Waals surface area (Å²) in [6.07, 6.45) is 3.94. The van der Waals surface area contributed by atoms with Gasteiger partial charge in [0, 0.05) is 56.5 Å². The first-order valence-corrected chi connectivity index (χ1v) is 12.8. The maximum absolute atomic E-state index is 13.1. The number of nitrogens with zero attached hydrogens (tertiary/aromatic N) is 4. The largest absolute Gasteiger partial charge is 0.345 e. The van der Waals surface area contributed by atoms with E-state index in [4.69, 9.17) is 4.99 Å². The van der Waals surface area contributed by atoms with Crippen LogP contribution in [0.15, 0.2) is 88.5 Å². The molecule has 2 heterocycles. The Morgan fingerprint density at radius 2 is 1.76 bits per heavy atom. The smallest absolute Gasteiger partial charge is 0.254 e. The number of anilines is 1. The molecule has 2 aromatic carbocycles.